The van der Waals surface area contributed by atoms with Gasteiger partial charge in [-0.15, -0.1) is 0 Å². The fourth-order valence-corrected chi connectivity index (χ4v) is 1.44. The minimum Gasteiger partial charge on any atom is -0.259 e. The molecule has 3 nitrogen and oxygen atoms in total. The van der Waals surface area contributed by atoms with E-state index in [2.05, 4.69) is 15.2 Å². The largest absolute Gasteiger partial charge is 0.416 e. The van der Waals surface area contributed by atoms with Crippen molar-refractivity contribution >= 4 is 0 Å². The molecule has 0 spiro atoms. The molecule has 9 heteroatoms. The fourth-order valence-electron chi connectivity index (χ4n) is 1.44. The lowest BCUT2D eigenvalue weighted by Gasteiger charge is -2.13. The zero-order valence-electron chi connectivity index (χ0n) is 11.0. The first-order valence-corrected chi connectivity index (χ1v) is 5.83. The van der Waals surface area contributed by atoms with Crippen LogP contribution in [-0.2, 0) is 12.4 Å². The van der Waals surface area contributed by atoms with Crippen molar-refractivity contribution in [2.75, 3.05) is 0 Å². The number of hydrogen-bond donors (Lipinski definition) is 1. The summed E-state index contributed by atoms with van der Waals surface area (Å²) in [6.07, 6.45) is -8.77. The first kappa shape index (κ1) is 17.0. The molecule has 0 aliphatic carbocycles. The van der Waals surface area contributed by atoms with E-state index < -0.39 is 23.5 Å². The van der Waals surface area contributed by atoms with Crippen LogP contribution < -0.4 is 0 Å². The third-order valence-corrected chi connectivity index (χ3v) is 2.28. The Morgan fingerprint density at radius 3 is 1.67 bits per heavy atom. The Balaban J connectivity index is 0.00000106. The molecular formula is C12H11F6N3. The molecule has 0 fully saturated rings. The van der Waals surface area contributed by atoms with Gasteiger partial charge in [0.1, 0.15) is 6.33 Å². The lowest BCUT2D eigenvalue weighted by Crippen LogP contribution is -2.11. The van der Waals surface area contributed by atoms with Gasteiger partial charge in [0.2, 0.25) is 0 Å². The van der Waals surface area contributed by atoms with E-state index in [9.17, 15) is 26.3 Å². The van der Waals surface area contributed by atoms with Gasteiger partial charge in [0.25, 0.3) is 0 Å². The Labute approximate surface area is 116 Å². The van der Waals surface area contributed by atoms with Crippen molar-refractivity contribution in [2.45, 2.75) is 26.2 Å². The van der Waals surface area contributed by atoms with Crippen molar-refractivity contribution in [3.05, 3.63) is 35.7 Å². The third kappa shape index (κ3) is 4.20. The van der Waals surface area contributed by atoms with Crippen molar-refractivity contribution in [3.63, 3.8) is 0 Å². The summed E-state index contributed by atoms with van der Waals surface area (Å²) >= 11 is 0. The predicted octanol–water partition coefficient (Wildman–Crippen LogP) is 4.54. The molecule has 2 rings (SSSR count). The third-order valence-electron chi connectivity index (χ3n) is 2.28. The van der Waals surface area contributed by atoms with E-state index in [1.54, 1.807) is 0 Å². The predicted molar refractivity (Wildman–Crippen MR) is 63.2 cm³/mol. The maximum Gasteiger partial charge on any atom is 0.416 e. The van der Waals surface area contributed by atoms with Gasteiger partial charge in [-0.1, -0.05) is 13.8 Å². The summed E-state index contributed by atoms with van der Waals surface area (Å²) in [5.41, 5.74) is -3.12. The molecule has 0 saturated carbocycles. The van der Waals surface area contributed by atoms with Gasteiger partial charge in [-0.2, -0.15) is 31.4 Å². The van der Waals surface area contributed by atoms with Gasteiger partial charge in [0.15, 0.2) is 5.82 Å². The number of halogens is 6. The Hall–Kier alpha value is -2.06. The Kier molecular flexibility index (Phi) is 4.97. The van der Waals surface area contributed by atoms with Crippen LogP contribution >= 0.6 is 0 Å². The molecule has 1 N–H and O–H groups in total. The maximum atomic E-state index is 12.6. The smallest absolute Gasteiger partial charge is 0.259 e. The highest BCUT2D eigenvalue weighted by molar-refractivity contribution is 5.58. The highest BCUT2D eigenvalue weighted by Crippen LogP contribution is 2.37. The Morgan fingerprint density at radius 2 is 1.33 bits per heavy atom. The monoisotopic (exact) mass is 311 g/mol. The summed E-state index contributed by atoms with van der Waals surface area (Å²) in [5.74, 6) is -0.170. The number of aromatic nitrogens is 3. The number of nitrogens with one attached hydrogen (secondary N) is 1. The first-order valence-electron chi connectivity index (χ1n) is 5.83. The summed E-state index contributed by atoms with van der Waals surface area (Å²) in [7, 11) is 0. The number of aromatic amines is 1. The zero-order valence-corrected chi connectivity index (χ0v) is 11.0. The van der Waals surface area contributed by atoms with Crippen molar-refractivity contribution < 1.29 is 26.3 Å². The van der Waals surface area contributed by atoms with Crippen molar-refractivity contribution in [1.82, 2.24) is 15.2 Å². The number of rotatable bonds is 1. The molecule has 2 aromatic rings. The van der Waals surface area contributed by atoms with Crippen LogP contribution in [-0.4, -0.2) is 15.2 Å². The highest BCUT2D eigenvalue weighted by atomic mass is 19.4. The van der Waals surface area contributed by atoms with E-state index >= 15 is 0 Å². The molecule has 0 aliphatic heterocycles. The van der Waals surface area contributed by atoms with Crippen molar-refractivity contribution in [2.24, 2.45) is 0 Å². The minimum absolute atomic E-state index is 0.0554. The maximum absolute atomic E-state index is 12.6. The second-order valence-electron chi connectivity index (χ2n) is 3.63. The van der Waals surface area contributed by atoms with Gasteiger partial charge in [-0.05, 0) is 18.2 Å². The van der Waals surface area contributed by atoms with E-state index in [1.165, 1.54) is 0 Å². The molecule has 0 atom stereocenters. The molecule has 0 unspecified atom stereocenters. The van der Waals surface area contributed by atoms with Crippen LogP contribution in [0.15, 0.2) is 24.5 Å². The highest BCUT2D eigenvalue weighted by Gasteiger charge is 2.37. The standard InChI is InChI=1S/C10H5F6N3.C2H6/c11-9(12,13)6-1-5(8-17-4-18-19-8)2-7(3-6)10(14,15)16;1-2/h1-4H,(H,17,18,19);1-2H3. The number of alkyl halides is 6. The molecule has 1 heterocycles. The summed E-state index contributed by atoms with van der Waals surface area (Å²) in [6.45, 7) is 4.00. The van der Waals surface area contributed by atoms with Crippen LogP contribution in [0.5, 0.6) is 0 Å². The van der Waals surface area contributed by atoms with Crippen LogP contribution in [0.25, 0.3) is 11.4 Å². The average molecular weight is 311 g/mol. The molecule has 21 heavy (non-hydrogen) atoms. The summed E-state index contributed by atoms with van der Waals surface area (Å²) in [6, 6.07) is 1.21. The van der Waals surface area contributed by atoms with Gasteiger partial charge in [-0.25, -0.2) is 4.98 Å². The van der Waals surface area contributed by atoms with Gasteiger partial charge in [0, 0.05) is 5.56 Å². The molecule has 1 aromatic carbocycles. The first-order chi connectivity index (χ1) is 9.68. The van der Waals surface area contributed by atoms with Crippen LogP contribution in [0.2, 0.25) is 0 Å². The average Bonchev–Trinajstić information content (AvgIpc) is 2.92. The lowest BCUT2D eigenvalue weighted by molar-refractivity contribution is -0.143. The quantitative estimate of drug-likeness (QED) is 0.786. The van der Waals surface area contributed by atoms with Gasteiger partial charge >= 0.3 is 12.4 Å². The summed E-state index contributed by atoms with van der Waals surface area (Å²) < 4.78 is 75.4. The normalized spacial score (nSPS) is 11.8. The topological polar surface area (TPSA) is 41.6 Å². The number of H-pyrrole nitrogens is 1. The minimum atomic E-state index is -4.88. The van der Waals surface area contributed by atoms with Gasteiger partial charge in [0.05, 0.1) is 11.1 Å². The number of hydrogen-bond acceptors (Lipinski definition) is 2. The number of nitrogens with zero attached hydrogens (tertiary/aromatic N) is 2. The van der Waals surface area contributed by atoms with E-state index in [1.807, 2.05) is 13.8 Å². The Bertz CT molecular complexity index is 539. The van der Waals surface area contributed by atoms with Crippen LogP contribution in [0.1, 0.15) is 25.0 Å². The molecule has 0 amide bonds. The molecule has 0 radical (unpaired) electrons. The molecular weight excluding hydrogens is 300 g/mol. The van der Waals surface area contributed by atoms with Crippen LogP contribution in [0.3, 0.4) is 0 Å². The van der Waals surface area contributed by atoms with Crippen molar-refractivity contribution in [3.8, 4) is 11.4 Å². The van der Waals surface area contributed by atoms with E-state index in [0.29, 0.717) is 12.1 Å². The van der Waals surface area contributed by atoms with E-state index in [0.717, 1.165) is 6.33 Å². The van der Waals surface area contributed by atoms with Gasteiger partial charge < -0.3 is 0 Å². The fraction of sp³-hybridized carbons (Fsp3) is 0.333. The molecule has 1 aromatic heterocycles. The van der Waals surface area contributed by atoms with Gasteiger partial charge in [-0.3, -0.25) is 5.10 Å². The lowest BCUT2D eigenvalue weighted by atomic mass is 10.0. The second-order valence-corrected chi connectivity index (χ2v) is 3.63. The Morgan fingerprint density at radius 1 is 0.857 bits per heavy atom. The zero-order chi connectivity index (χ0) is 16.3. The molecule has 0 bridgehead atoms. The molecule has 116 valence electrons. The number of benzene rings is 1. The summed E-state index contributed by atoms with van der Waals surface area (Å²) in [4.78, 5) is 3.53. The van der Waals surface area contributed by atoms with E-state index in [4.69, 9.17) is 0 Å². The van der Waals surface area contributed by atoms with Crippen LogP contribution in [0, 0.1) is 0 Å². The molecule has 0 aliphatic rings. The van der Waals surface area contributed by atoms with E-state index in [-0.39, 0.29) is 17.5 Å². The summed E-state index contributed by atoms with van der Waals surface area (Å²) in [5, 5.41) is 5.60. The van der Waals surface area contributed by atoms with Crippen molar-refractivity contribution in [1.29, 1.82) is 0 Å². The van der Waals surface area contributed by atoms with Crippen LogP contribution in [0.4, 0.5) is 26.3 Å². The SMILES string of the molecule is CC.FC(F)(F)c1cc(-c2ncn[nH]2)cc(C(F)(F)F)c1. The second kappa shape index (κ2) is 6.15. The molecule has 0 saturated heterocycles.